The lowest BCUT2D eigenvalue weighted by Crippen LogP contribution is -2.48. The minimum atomic E-state index is -0.448. The maximum Gasteiger partial charge on any atom is 0.272 e. The second kappa shape index (κ2) is 7.06. The normalized spacial score (nSPS) is 10.9. The summed E-state index contributed by atoms with van der Waals surface area (Å²) in [5.74, 6) is -0.228. The van der Waals surface area contributed by atoms with Crippen molar-refractivity contribution in [2.75, 3.05) is 6.54 Å². The third-order valence-corrected chi connectivity index (χ3v) is 3.35. The molecule has 0 aliphatic carbocycles. The molecule has 0 atom stereocenters. The van der Waals surface area contributed by atoms with Gasteiger partial charge in [0.15, 0.2) is 5.69 Å². The molecule has 114 valence electrons. The molecule has 0 saturated heterocycles. The first kappa shape index (κ1) is 17.7. The number of rotatable bonds is 4. The van der Waals surface area contributed by atoms with Crippen LogP contribution in [0.5, 0.6) is 0 Å². The van der Waals surface area contributed by atoms with Crippen molar-refractivity contribution in [3.63, 3.8) is 0 Å². The van der Waals surface area contributed by atoms with Crippen LogP contribution in [0.1, 0.15) is 24.3 Å². The lowest BCUT2D eigenvalue weighted by Gasteiger charge is -2.23. The van der Waals surface area contributed by atoms with Gasteiger partial charge in [0.1, 0.15) is 0 Å². The molecular formula is C14H18BrClN4O. The summed E-state index contributed by atoms with van der Waals surface area (Å²) in [6.07, 6.45) is 1.76. The van der Waals surface area contributed by atoms with Gasteiger partial charge in [0.25, 0.3) is 5.91 Å². The first-order valence-corrected chi connectivity index (χ1v) is 7.05. The fraction of sp³-hybridized carbons (Fsp3) is 0.286. The van der Waals surface area contributed by atoms with Gasteiger partial charge in [-0.05, 0) is 38.1 Å². The molecule has 0 unspecified atom stereocenters. The smallest absolute Gasteiger partial charge is 0.272 e. The minimum Gasteiger partial charge on any atom is -0.344 e. The van der Waals surface area contributed by atoms with E-state index in [1.54, 1.807) is 16.9 Å². The maximum atomic E-state index is 12.1. The average Bonchev–Trinajstić information content (AvgIpc) is 2.88. The Balaban J connectivity index is 0.00000220. The summed E-state index contributed by atoms with van der Waals surface area (Å²) in [7, 11) is 0. The van der Waals surface area contributed by atoms with Gasteiger partial charge in [-0.2, -0.15) is 5.10 Å². The van der Waals surface area contributed by atoms with Crippen molar-refractivity contribution in [3.8, 4) is 5.69 Å². The molecule has 21 heavy (non-hydrogen) atoms. The van der Waals surface area contributed by atoms with E-state index in [2.05, 4.69) is 26.3 Å². The number of carbonyl (C=O) groups is 1. The second-order valence-electron chi connectivity index (χ2n) is 5.17. The van der Waals surface area contributed by atoms with E-state index in [9.17, 15) is 4.79 Å². The number of nitrogens with zero attached hydrogens (tertiary/aromatic N) is 2. The van der Waals surface area contributed by atoms with E-state index < -0.39 is 5.54 Å². The Bertz CT molecular complexity index is 627. The van der Waals surface area contributed by atoms with Gasteiger partial charge in [-0.1, -0.05) is 22.0 Å². The van der Waals surface area contributed by atoms with E-state index in [1.165, 1.54) is 0 Å². The predicted octanol–water partition coefficient (Wildman–Crippen LogP) is 2.52. The number of hydrogen-bond acceptors (Lipinski definition) is 3. The number of nitrogens with two attached hydrogens (primary N) is 1. The van der Waals surface area contributed by atoms with Crippen LogP contribution in [-0.4, -0.2) is 27.8 Å². The summed E-state index contributed by atoms with van der Waals surface area (Å²) >= 11 is 3.41. The molecule has 1 aromatic heterocycles. The molecule has 0 aliphatic heterocycles. The zero-order chi connectivity index (χ0) is 14.8. The lowest BCUT2D eigenvalue weighted by molar-refractivity contribution is 0.0910. The van der Waals surface area contributed by atoms with Gasteiger partial charge in [0.05, 0.1) is 5.69 Å². The van der Waals surface area contributed by atoms with Gasteiger partial charge >= 0.3 is 0 Å². The zero-order valence-corrected chi connectivity index (χ0v) is 14.2. The van der Waals surface area contributed by atoms with Gasteiger partial charge in [0, 0.05) is 22.8 Å². The van der Waals surface area contributed by atoms with Crippen LogP contribution >= 0.6 is 28.3 Å². The zero-order valence-electron chi connectivity index (χ0n) is 11.8. The molecule has 2 rings (SSSR count). The molecule has 5 nitrogen and oxygen atoms in total. The molecule has 7 heteroatoms. The van der Waals surface area contributed by atoms with E-state index in [1.807, 2.05) is 38.1 Å². The Morgan fingerprint density at radius 3 is 2.76 bits per heavy atom. The molecule has 0 spiro atoms. The molecule has 1 heterocycles. The lowest BCUT2D eigenvalue weighted by atomic mass is 10.1. The van der Waals surface area contributed by atoms with E-state index in [0.717, 1.165) is 10.2 Å². The number of hydrogen-bond donors (Lipinski definition) is 2. The van der Waals surface area contributed by atoms with Crippen molar-refractivity contribution in [1.29, 1.82) is 0 Å². The third-order valence-electron chi connectivity index (χ3n) is 2.86. The highest BCUT2D eigenvalue weighted by molar-refractivity contribution is 9.10. The van der Waals surface area contributed by atoms with Crippen LogP contribution in [-0.2, 0) is 0 Å². The molecule has 1 amide bonds. The molecule has 3 N–H and O–H groups in total. The van der Waals surface area contributed by atoms with Gasteiger partial charge < -0.3 is 11.1 Å². The van der Waals surface area contributed by atoms with Crippen molar-refractivity contribution in [2.24, 2.45) is 5.73 Å². The monoisotopic (exact) mass is 372 g/mol. The van der Waals surface area contributed by atoms with Crippen molar-refractivity contribution in [3.05, 3.63) is 46.7 Å². The van der Waals surface area contributed by atoms with E-state index in [0.29, 0.717) is 12.2 Å². The molecular weight excluding hydrogens is 356 g/mol. The molecule has 2 aromatic rings. The highest BCUT2D eigenvalue weighted by Crippen LogP contribution is 2.15. The number of halogens is 2. The number of benzene rings is 1. The molecule has 0 aliphatic rings. The second-order valence-corrected chi connectivity index (χ2v) is 6.08. The van der Waals surface area contributed by atoms with Gasteiger partial charge in [-0.3, -0.25) is 4.79 Å². The summed E-state index contributed by atoms with van der Waals surface area (Å²) in [5.41, 5.74) is 6.41. The fourth-order valence-electron chi connectivity index (χ4n) is 1.63. The summed E-state index contributed by atoms with van der Waals surface area (Å²) in [5, 5.41) is 7.13. The summed E-state index contributed by atoms with van der Waals surface area (Å²) in [4.78, 5) is 12.1. The van der Waals surface area contributed by atoms with E-state index in [-0.39, 0.29) is 18.3 Å². The van der Waals surface area contributed by atoms with Crippen LogP contribution in [0.15, 0.2) is 41.0 Å². The minimum absolute atomic E-state index is 0. The predicted molar refractivity (Wildman–Crippen MR) is 89.1 cm³/mol. The molecule has 0 bridgehead atoms. The van der Waals surface area contributed by atoms with Gasteiger partial charge in [-0.15, -0.1) is 12.4 Å². The Labute approximate surface area is 138 Å². The summed E-state index contributed by atoms with van der Waals surface area (Å²) in [6.45, 7) is 4.11. The van der Waals surface area contributed by atoms with Crippen LogP contribution in [0.2, 0.25) is 0 Å². The third kappa shape index (κ3) is 4.56. The van der Waals surface area contributed by atoms with Crippen molar-refractivity contribution < 1.29 is 4.79 Å². The van der Waals surface area contributed by atoms with Crippen molar-refractivity contribution in [2.45, 2.75) is 19.4 Å². The van der Waals surface area contributed by atoms with Crippen LogP contribution < -0.4 is 11.1 Å². The molecule has 1 aromatic carbocycles. The number of amides is 1. The summed E-state index contributed by atoms with van der Waals surface area (Å²) < 4.78 is 2.62. The average molecular weight is 374 g/mol. The quantitative estimate of drug-likeness (QED) is 0.865. The topological polar surface area (TPSA) is 72.9 Å². The Kier molecular flexibility index (Phi) is 5.95. The number of carbonyl (C=O) groups excluding carboxylic acids is 1. The Hall–Kier alpha value is -1.37. The standard InChI is InChI=1S/C14H17BrN4O.ClH/c1-14(2,9-16)17-13(20)12-6-7-19(18-12)11-5-3-4-10(15)8-11;/h3-8H,9,16H2,1-2H3,(H,17,20);1H. The first-order valence-electron chi connectivity index (χ1n) is 6.25. The van der Waals surface area contributed by atoms with Crippen LogP contribution in [0, 0.1) is 0 Å². The van der Waals surface area contributed by atoms with Crippen molar-refractivity contribution in [1.82, 2.24) is 15.1 Å². The number of nitrogens with one attached hydrogen (secondary N) is 1. The van der Waals surface area contributed by atoms with Gasteiger partial charge in [-0.25, -0.2) is 4.68 Å². The van der Waals surface area contributed by atoms with Crippen LogP contribution in [0.3, 0.4) is 0 Å². The van der Waals surface area contributed by atoms with E-state index >= 15 is 0 Å². The van der Waals surface area contributed by atoms with E-state index in [4.69, 9.17) is 5.73 Å². The Morgan fingerprint density at radius 2 is 2.14 bits per heavy atom. The maximum absolute atomic E-state index is 12.1. The summed E-state index contributed by atoms with van der Waals surface area (Å²) in [6, 6.07) is 9.38. The first-order chi connectivity index (χ1) is 9.41. The van der Waals surface area contributed by atoms with Crippen LogP contribution in [0.25, 0.3) is 5.69 Å². The molecule has 0 radical (unpaired) electrons. The molecule has 0 fully saturated rings. The van der Waals surface area contributed by atoms with Gasteiger partial charge in [0.2, 0.25) is 0 Å². The Morgan fingerprint density at radius 1 is 1.43 bits per heavy atom. The highest BCUT2D eigenvalue weighted by Gasteiger charge is 2.20. The molecule has 0 saturated carbocycles. The fourth-order valence-corrected chi connectivity index (χ4v) is 2.02. The number of aromatic nitrogens is 2. The largest absolute Gasteiger partial charge is 0.344 e. The highest BCUT2D eigenvalue weighted by atomic mass is 79.9. The van der Waals surface area contributed by atoms with Crippen LogP contribution in [0.4, 0.5) is 0 Å². The SMILES string of the molecule is CC(C)(CN)NC(=O)c1ccn(-c2cccc(Br)c2)n1.Cl. The van der Waals surface area contributed by atoms with Crippen molar-refractivity contribution >= 4 is 34.2 Å².